The van der Waals surface area contributed by atoms with Crippen LogP contribution in [0, 0.1) is 6.92 Å². The van der Waals surface area contributed by atoms with Gasteiger partial charge in [-0.15, -0.1) is 10.2 Å². The number of fused-ring (bicyclic) bond motifs is 3. The predicted octanol–water partition coefficient (Wildman–Crippen LogP) is 4.04. The van der Waals surface area contributed by atoms with E-state index in [9.17, 15) is 13.2 Å². The molecule has 0 fully saturated rings. The van der Waals surface area contributed by atoms with E-state index in [4.69, 9.17) is 0 Å². The minimum atomic E-state index is -3.98. The largest absolute Gasteiger partial charge is 0.326 e. The van der Waals surface area contributed by atoms with Crippen LogP contribution >= 0.6 is 0 Å². The second-order valence-corrected chi connectivity index (χ2v) is 10.1. The van der Waals surface area contributed by atoms with Crippen molar-refractivity contribution in [3.8, 4) is 11.4 Å². The van der Waals surface area contributed by atoms with E-state index in [-0.39, 0.29) is 16.6 Å². The highest BCUT2D eigenvalue weighted by Crippen LogP contribution is 2.31. The summed E-state index contributed by atoms with van der Waals surface area (Å²) in [6.07, 6.45) is 0. The Labute approximate surface area is 202 Å². The van der Waals surface area contributed by atoms with Crippen molar-refractivity contribution in [3.05, 3.63) is 78.4 Å². The van der Waals surface area contributed by atoms with Gasteiger partial charge >= 0.3 is 0 Å². The first-order valence-electron chi connectivity index (χ1n) is 10.8. The number of nitrogens with zero attached hydrogens (tertiary/aromatic N) is 5. The Morgan fingerprint density at radius 1 is 0.943 bits per heavy atom. The van der Waals surface area contributed by atoms with Gasteiger partial charge in [-0.2, -0.15) is 0 Å². The molecule has 5 rings (SSSR count). The van der Waals surface area contributed by atoms with Crippen molar-refractivity contribution < 1.29 is 13.2 Å². The summed E-state index contributed by atoms with van der Waals surface area (Å²) in [5.74, 6) is 0.502. The Morgan fingerprint density at radius 2 is 1.63 bits per heavy atom. The minimum absolute atomic E-state index is 0.0560. The number of nitrogens with one attached hydrogen (secondary N) is 1. The average molecular weight is 487 g/mol. The van der Waals surface area contributed by atoms with Gasteiger partial charge in [0.1, 0.15) is 0 Å². The number of benzene rings is 3. The highest BCUT2D eigenvalue weighted by molar-refractivity contribution is 7.92. The molecule has 0 unspecified atom stereocenters. The maximum absolute atomic E-state index is 13.5. The zero-order chi connectivity index (χ0) is 24.7. The van der Waals surface area contributed by atoms with Crippen molar-refractivity contribution in [2.75, 3.05) is 16.7 Å². The first kappa shape index (κ1) is 22.5. The molecule has 176 valence electrons. The van der Waals surface area contributed by atoms with Crippen LogP contribution in [-0.2, 0) is 14.8 Å². The quantitative estimate of drug-likeness (QED) is 0.402. The Kier molecular flexibility index (Phi) is 5.45. The summed E-state index contributed by atoms with van der Waals surface area (Å²) in [4.78, 5) is 16.0. The Bertz CT molecular complexity index is 1680. The van der Waals surface area contributed by atoms with Crippen molar-refractivity contribution in [3.63, 3.8) is 0 Å². The van der Waals surface area contributed by atoms with Crippen LogP contribution in [0.15, 0.2) is 77.7 Å². The second-order valence-electron chi connectivity index (χ2n) is 8.15. The molecule has 5 aromatic rings. The zero-order valence-electron chi connectivity index (χ0n) is 19.3. The Hall–Kier alpha value is -4.31. The number of aromatic nitrogens is 4. The van der Waals surface area contributed by atoms with E-state index in [1.165, 1.54) is 38.2 Å². The molecule has 0 saturated carbocycles. The highest BCUT2D eigenvalue weighted by Gasteiger charge is 2.27. The fraction of sp³-hybridized carbons (Fsp3) is 0.120. The maximum Gasteiger partial charge on any atom is 0.265 e. The lowest BCUT2D eigenvalue weighted by molar-refractivity contribution is -0.114. The zero-order valence-corrected chi connectivity index (χ0v) is 20.1. The smallest absolute Gasteiger partial charge is 0.265 e. The van der Waals surface area contributed by atoms with Gasteiger partial charge in [0.15, 0.2) is 11.6 Å². The molecule has 10 heteroatoms. The third kappa shape index (κ3) is 3.97. The molecule has 0 aliphatic rings. The maximum atomic E-state index is 13.5. The molecule has 0 saturated heterocycles. The molecule has 2 aromatic heterocycles. The molecule has 3 aromatic carbocycles. The SMILES string of the molecule is CC(=O)Nc1ccc(S(=O)(=O)N(C)c2nc3ccccc3n3c(-c4ccc(C)cc4)nnc23)cc1. The number of rotatable bonds is 5. The molecule has 2 heterocycles. The van der Waals surface area contributed by atoms with Gasteiger partial charge < -0.3 is 5.32 Å². The number of aryl methyl sites for hydroxylation is 1. The molecule has 0 radical (unpaired) electrons. The number of anilines is 2. The van der Waals surface area contributed by atoms with Crippen molar-refractivity contribution in [1.29, 1.82) is 0 Å². The summed E-state index contributed by atoms with van der Waals surface area (Å²) in [7, 11) is -2.54. The average Bonchev–Trinajstić information content (AvgIpc) is 3.29. The number of sulfonamides is 1. The van der Waals surface area contributed by atoms with Crippen LogP contribution in [0.5, 0.6) is 0 Å². The molecule has 0 bridgehead atoms. The molecule has 9 nitrogen and oxygen atoms in total. The summed E-state index contributed by atoms with van der Waals surface area (Å²) in [6, 6.07) is 21.3. The van der Waals surface area contributed by atoms with E-state index < -0.39 is 10.0 Å². The summed E-state index contributed by atoms with van der Waals surface area (Å²) < 4.78 is 29.9. The third-order valence-corrected chi connectivity index (χ3v) is 7.42. The number of hydrogen-bond acceptors (Lipinski definition) is 6. The lowest BCUT2D eigenvalue weighted by Crippen LogP contribution is -2.28. The number of carbonyl (C=O) groups excluding carboxylic acids is 1. The van der Waals surface area contributed by atoms with Crippen LogP contribution in [-0.4, -0.2) is 41.0 Å². The van der Waals surface area contributed by atoms with Crippen molar-refractivity contribution >= 4 is 44.1 Å². The van der Waals surface area contributed by atoms with E-state index in [1.807, 2.05) is 59.9 Å². The molecule has 0 aliphatic carbocycles. The van der Waals surface area contributed by atoms with Gasteiger partial charge in [0.05, 0.1) is 15.9 Å². The van der Waals surface area contributed by atoms with E-state index in [2.05, 4.69) is 20.5 Å². The van der Waals surface area contributed by atoms with E-state index in [0.717, 1.165) is 20.9 Å². The normalized spacial score (nSPS) is 11.6. The van der Waals surface area contributed by atoms with Gasteiger partial charge in [-0.3, -0.25) is 9.20 Å². The number of para-hydroxylation sites is 2. The number of carbonyl (C=O) groups is 1. The van der Waals surface area contributed by atoms with Gasteiger partial charge in [0.25, 0.3) is 10.0 Å². The first-order chi connectivity index (χ1) is 16.8. The van der Waals surface area contributed by atoms with Crippen LogP contribution in [0.3, 0.4) is 0 Å². The number of amides is 1. The Balaban J connectivity index is 1.67. The van der Waals surface area contributed by atoms with Crippen LogP contribution in [0.25, 0.3) is 28.1 Å². The summed E-state index contributed by atoms with van der Waals surface area (Å²) in [5.41, 5.74) is 4.16. The molecular formula is C25H22N6O3S. The second kappa shape index (κ2) is 8.48. The topological polar surface area (TPSA) is 110 Å². The molecule has 35 heavy (non-hydrogen) atoms. The first-order valence-corrected chi connectivity index (χ1v) is 12.3. The van der Waals surface area contributed by atoms with Crippen molar-refractivity contribution in [2.24, 2.45) is 0 Å². The molecule has 1 N–H and O–H groups in total. The summed E-state index contributed by atoms with van der Waals surface area (Å²) in [6.45, 7) is 3.39. The molecular weight excluding hydrogens is 464 g/mol. The fourth-order valence-electron chi connectivity index (χ4n) is 3.86. The van der Waals surface area contributed by atoms with Gasteiger partial charge in [0.2, 0.25) is 11.6 Å². The van der Waals surface area contributed by atoms with E-state index >= 15 is 0 Å². The predicted molar refractivity (Wildman–Crippen MR) is 135 cm³/mol. The van der Waals surface area contributed by atoms with Crippen molar-refractivity contribution in [1.82, 2.24) is 19.6 Å². The third-order valence-electron chi connectivity index (χ3n) is 5.65. The Morgan fingerprint density at radius 3 is 2.31 bits per heavy atom. The fourth-order valence-corrected chi connectivity index (χ4v) is 5.00. The van der Waals surface area contributed by atoms with Crippen LogP contribution in [0.4, 0.5) is 11.5 Å². The standard InChI is InChI=1S/C25H22N6O3S/c1-16-8-10-18(11-9-16)23-28-29-25-24(27-21-6-4-5-7-22(21)31(23)25)30(3)35(33,34)20-14-12-19(13-15-20)26-17(2)32/h4-15H,1-3H3,(H,26,32). The van der Waals surface area contributed by atoms with Crippen LogP contribution in [0.2, 0.25) is 0 Å². The molecule has 0 spiro atoms. The molecule has 0 aliphatic heterocycles. The highest BCUT2D eigenvalue weighted by atomic mass is 32.2. The minimum Gasteiger partial charge on any atom is -0.326 e. The molecule has 0 atom stereocenters. The van der Waals surface area contributed by atoms with E-state index in [0.29, 0.717) is 22.7 Å². The van der Waals surface area contributed by atoms with Gasteiger partial charge in [-0.25, -0.2) is 17.7 Å². The lowest BCUT2D eigenvalue weighted by Gasteiger charge is -2.20. The van der Waals surface area contributed by atoms with Crippen molar-refractivity contribution in [2.45, 2.75) is 18.7 Å². The van der Waals surface area contributed by atoms with Gasteiger partial charge in [0, 0.05) is 25.2 Å². The molecule has 1 amide bonds. The van der Waals surface area contributed by atoms with Crippen LogP contribution < -0.4 is 9.62 Å². The summed E-state index contributed by atoms with van der Waals surface area (Å²) >= 11 is 0. The van der Waals surface area contributed by atoms with Gasteiger partial charge in [-0.1, -0.05) is 42.0 Å². The number of hydrogen-bond donors (Lipinski definition) is 1. The van der Waals surface area contributed by atoms with E-state index in [1.54, 1.807) is 0 Å². The summed E-state index contributed by atoms with van der Waals surface area (Å²) in [5, 5.41) is 11.4. The lowest BCUT2D eigenvalue weighted by atomic mass is 10.1. The van der Waals surface area contributed by atoms with Crippen LogP contribution in [0.1, 0.15) is 12.5 Å². The van der Waals surface area contributed by atoms with Gasteiger partial charge in [-0.05, 0) is 43.3 Å². The monoisotopic (exact) mass is 486 g/mol.